The monoisotopic (exact) mass is 350 g/mol. The molecule has 2 rings (SSSR count). The molecule has 0 spiro atoms. The van der Waals surface area contributed by atoms with Gasteiger partial charge in [0.05, 0.1) is 5.02 Å². The van der Waals surface area contributed by atoms with Crippen molar-refractivity contribution in [1.82, 2.24) is 9.62 Å². The van der Waals surface area contributed by atoms with Crippen molar-refractivity contribution in [3.05, 3.63) is 28.2 Å². The maximum Gasteiger partial charge on any atom is 0.242 e. The highest BCUT2D eigenvalue weighted by Crippen LogP contribution is 2.24. The summed E-state index contributed by atoms with van der Waals surface area (Å²) in [6, 6.07) is 4.29. The van der Waals surface area contributed by atoms with E-state index in [0.717, 1.165) is 13.0 Å². The van der Waals surface area contributed by atoms with Gasteiger partial charge in [0.2, 0.25) is 15.9 Å². The topological polar surface area (TPSA) is 66.5 Å². The fourth-order valence-corrected chi connectivity index (χ4v) is 4.01. The normalized spacial score (nSPS) is 15.7. The molecule has 0 bridgehead atoms. The molecular formula is C13H16Cl2N2O3S. The Balaban J connectivity index is 1.89. The van der Waals surface area contributed by atoms with Gasteiger partial charge in [-0.3, -0.25) is 4.79 Å². The molecular weight excluding hydrogens is 335 g/mol. The second-order valence-electron chi connectivity index (χ2n) is 4.81. The predicted molar refractivity (Wildman–Crippen MR) is 82.1 cm³/mol. The quantitative estimate of drug-likeness (QED) is 0.800. The zero-order chi connectivity index (χ0) is 15.5. The highest BCUT2D eigenvalue weighted by molar-refractivity contribution is 7.89. The van der Waals surface area contributed by atoms with E-state index >= 15 is 0 Å². The summed E-state index contributed by atoms with van der Waals surface area (Å²) < 4.78 is 26.7. The Bertz CT molecular complexity index is 634. The van der Waals surface area contributed by atoms with Crippen molar-refractivity contribution in [2.24, 2.45) is 0 Å². The van der Waals surface area contributed by atoms with Crippen LogP contribution >= 0.6 is 23.2 Å². The van der Waals surface area contributed by atoms with Crippen LogP contribution in [0.15, 0.2) is 23.1 Å². The first-order valence-electron chi connectivity index (χ1n) is 6.62. The first kappa shape index (κ1) is 16.5. The van der Waals surface area contributed by atoms with Crippen LogP contribution in [0.25, 0.3) is 0 Å². The number of rotatable bonds is 6. The largest absolute Gasteiger partial charge is 0.343 e. The molecule has 21 heavy (non-hydrogen) atoms. The Kier molecular flexibility index (Phi) is 5.48. The van der Waals surface area contributed by atoms with Crippen molar-refractivity contribution in [2.45, 2.75) is 24.2 Å². The predicted octanol–water partition coefficient (Wildman–Crippen LogP) is 2.28. The molecule has 8 heteroatoms. The summed E-state index contributed by atoms with van der Waals surface area (Å²) in [5.74, 6) is 0.135. The molecule has 1 amide bonds. The van der Waals surface area contributed by atoms with Gasteiger partial charge in [0, 0.05) is 31.1 Å². The van der Waals surface area contributed by atoms with Crippen molar-refractivity contribution in [3.8, 4) is 0 Å². The number of carbonyl (C=O) groups is 1. The average molecular weight is 351 g/mol. The minimum Gasteiger partial charge on any atom is -0.343 e. The molecule has 1 aromatic rings. The third-order valence-electron chi connectivity index (χ3n) is 3.25. The first-order chi connectivity index (χ1) is 9.90. The fourth-order valence-electron chi connectivity index (χ4n) is 2.18. The van der Waals surface area contributed by atoms with Crippen LogP contribution in [0.5, 0.6) is 0 Å². The van der Waals surface area contributed by atoms with Crippen LogP contribution in [-0.4, -0.2) is 38.9 Å². The smallest absolute Gasteiger partial charge is 0.242 e. The summed E-state index contributed by atoms with van der Waals surface area (Å²) in [5, 5.41) is 0.434. The van der Waals surface area contributed by atoms with Crippen molar-refractivity contribution >= 4 is 39.1 Å². The van der Waals surface area contributed by atoms with Gasteiger partial charge in [0.15, 0.2) is 0 Å². The lowest BCUT2D eigenvalue weighted by molar-refractivity contribution is -0.127. The minimum absolute atomic E-state index is 0.0334. The van der Waals surface area contributed by atoms with Gasteiger partial charge in [0.25, 0.3) is 0 Å². The molecule has 0 aromatic heterocycles. The summed E-state index contributed by atoms with van der Waals surface area (Å²) in [6.07, 6.45) is 2.02. The van der Waals surface area contributed by atoms with Crippen LogP contribution in [0.3, 0.4) is 0 Å². The molecule has 5 nitrogen and oxygen atoms in total. The Labute approximate surface area is 134 Å². The number of halogens is 2. The number of likely N-dealkylation sites (tertiary alicyclic amines) is 1. The number of hydrogen-bond donors (Lipinski definition) is 1. The number of nitrogens with zero attached hydrogens (tertiary/aromatic N) is 1. The molecule has 0 atom stereocenters. The van der Waals surface area contributed by atoms with Gasteiger partial charge in [-0.2, -0.15) is 0 Å². The maximum absolute atomic E-state index is 12.1. The number of benzene rings is 1. The van der Waals surface area contributed by atoms with Gasteiger partial charge in [-0.05, 0) is 31.0 Å². The molecule has 0 aliphatic carbocycles. The lowest BCUT2D eigenvalue weighted by Crippen LogP contribution is -2.30. The molecule has 1 heterocycles. The van der Waals surface area contributed by atoms with Crippen molar-refractivity contribution in [1.29, 1.82) is 0 Å². The third kappa shape index (κ3) is 4.32. The van der Waals surface area contributed by atoms with E-state index in [2.05, 4.69) is 4.72 Å². The molecule has 1 fully saturated rings. The van der Waals surface area contributed by atoms with Crippen molar-refractivity contribution in [3.63, 3.8) is 0 Å². The van der Waals surface area contributed by atoms with Crippen LogP contribution < -0.4 is 4.72 Å². The van der Waals surface area contributed by atoms with Crippen molar-refractivity contribution in [2.75, 3.05) is 19.6 Å². The number of nitrogens with one attached hydrogen (secondary N) is 1. The lowest BCUT2D eigenvalue weighted by atomic mass is 10.4. The summed E-state index contributed by atoms with van der Waals surface area (Å²) in [7, 11) is -3.69. The van der Waals surface area contributed by atoms with E-state index in [-0.39, 0.29) is 22.4 Å². The number of carbonyl (C=O) groups excluding carboxylic acids is 1. The Hall–Kier alpha value is -0.820. The minimum atomic E-state index is -3.69. The van der Waals surface area contributed by atoms with E-state index < -0.39 is 10.0 Å². The van der Waals surface area contributed by atoms with Crippen molar-refractivity contribution < 1.29 is 13.2 Å². The van der Waals surface area contributed by atoms with E-state index in [1.807, 2.05) is 0 Å². The van der Waals surface area contributed by atoms with Gasteiger partial charge in [-0.1, -0.05) is 23.2 Å². The number of sulfonamides is 1. The van der Waals surface area contributed by atoms with E-state index in [1.54, 1.807) is 4.90 Å². The van der Waals surface area contributed by atoms with Gasteiger partial charge >= 0.3 is 0 Å². The Morgan fingerprint density at radius 3 is 2.71 bits per heavy atom. The SMILES string of the molecule is O=C1CCCN1CCCNS(=O)(=O)c1cc(Cl)ccc1Cl. The molecule has 0 saturated carbocycles. The molecule has 1 saturated heterocycles. The van der Waals surface area contributed by atoms with Crippen LogP contribution in [0.1, 0.15) is 19.3 Å². The number of amides is 1. The van der Waals surface area contributed by atoms with Crippen LogP contribution in [-0.2, 0) is 14.8 Å². The highest BCUT2D eigenvalue weighted by atomic mass is 35.5. The molecule has 1 aliphatic heterocycles. The van der Waals surface area contributed by atoms with E-state index in [0.29, 0.717) is 24.4 Å². The van der Waals surface area contributed by atoms with E-state index in [4.69, 9.17) is 23.2 Å². The van der Waals surface area contributed by atoms with Crippen LogP contribution in [0, 0.1) is 0 Å². The zero-order valence-corrected chi connectivity index (χ0v) is 13.6. The molecule has 0 radical (unpaired) electrons. The Morgan fingerprint density at radius 2 is 2.05 bits per heavy atom. The summed E-state index contributed by atoms with van der Waals surface area (Å²) in [4.78, 5) is 13.1. The summed E-state index contributed by atoms with van der Waals surface area (Å²) in [5.41, 5.74) is 0. The van der Waals surface area contributed by atoms with E-state index in [1.165, 1.54) is 18.2 Å². The highest BCUT2D eigenvalue weighted by Gasteiger charge is 2.20. The van der Waals surface area contributed by atoms with Gasteiger partial charge in [0.1, 0.15) is 4.90 Å². The zero-order valence-electron chi connectivity index (χ0n) is 11.3. The molecule has 1 aliphatic rings. The third-order valence-corrected chi connectivity index (χ3v) is 5.43. The van der Waals surface area contributed by atoms with Gasteiger partial charge in [-0.15, -0.1) is 0 Å². The fraction of sp³-hybridized carbons (Fsp3) is 0.462. The average Bonchev–Trinajstić information content (AvgIpc) is 2.83. The van der Waals surface area contributed by atoms with Gasteiger partial charge in [-0.25, -0.2) is 13.1 Å². The maximum atomic E-state index is 12.1. The lowest BCUT2D eigenvalue weighted by Gasteiger charge is -2.15. The summed E-state index contributed by atoms with van der Waals surface area (Å²) in [6.45, 7) is 1.56. The second-order valence-corrected chi connectivity index (χ2v) is 7.39. The standard InChI is InChI=1S/C13H16Cl2N2O3S/c14-10-4-5-11(15)12(9-10)21(19,20)16-6-2-8-17-7-1-3-13(17)18/h4-5,9,16H,1-3,6-8H2. The Morgan fingerprint density at radius 1 is 1.29 bits per heavy atom. The molecule has 1 N–H and O–H groups in total. The molecule has 116 valence electrons. The van der Waals surface area contributed by atoms with Crippen LogP contribution in [0.2, 0.25) is 10.0 Å². The van der Waals surface area contributed by atoms with Gasteiger partial charge < -0.3 is 4.90 Å². The number of hydrogen-bond acceptors (Lipinski definition) is 3. The first-order valence-corrected chi connectivity index (χ1v) is 8.86. The van der Waals surface area contributed by atoms with E-state index in [9.17, 15) is 13.2 Å². The second kappa shape index (κ2) is 6.96. The van der Waals surface area contributed by atoms with Crippen LogP contribution in [0.4, 0.5) is 0 Å². The molecule has 0 unspecified atom stereocenters. The summed E-state index contributed by atoms with van der Waals surface area (Å²) >= 11 is 11.7. The molecule has 1 aromatic carbocycles.